The summed E-state index contributed by atoms with van der Waals surface area (Å²) in [4.78, 5) is 39.7. The lowest BCUT2D eigenvalue weighted by Crippen LogP contribution is -2.28. The summed E-state index contributed by atoms with van der Waals surface area (Å²) in [5.41, 5.74) is 1.87. The normalized spacial score (nSPS) is 16.2. The van der Waals surface area contributed by atoms with Crippen molar-refractivity contribution in [2.45, 2.75) is 46.6 Å². The molecule has 2 aromatic rings. The molecule has 1 saturated heterocycles. The maximum Gasteiger partial charge on any atom is 0.349 e. The van der Waals surface area contributed by atoms with Crippen molar-refractivity contribution in [3.63, 3.8) is 0 Å². The standard InChI is InChI=1S/C23H25N3O4S/c1-13-6-8-16(9-7-13)26-12-15(10-18(26)27)20(28)25-21-17(11-24)14(2)19(31-21)22(29)30-23(3,4)5/h6-9,15H,10,12H2,1-5H3,(H,25,28). The number of esters is 1. The first-order valence-corrected chi connectivity index (χ1v) is 10.8. The van der Waals surface area contributed by atoms with Gasteiger partial charge in [-0.2, -0.15) is 5.26 Å². The fourth-order valence-corrected chi connectivity index (χ4v) is 4.36. The van der Waals surface area contributed by atoms with E-state index in [1.54, 1.807) is 32.6 Å². The van der Waals surface area contributed by atoms with Gasteiger partial charge in [-0.3, -0.25) is 9.59 Å². The Labute approximate surface area is 185 Å². The molecule has 2 heterocycles. The molecule has 1 N–H and O–H groups in total. The maximum absolute atomic E-state index is 12.9. The molecule has 1 aliphatic rings. The van der Waals surface area contributed by atoms with Crippen LogP contribution in [0.3, 0.4) is 0 Å². The number of hydrogen-bond acceptors (Lipinski definition) is 6. The molecule has 1 aromatic carbocycles. The second-order valence-corrected chi connectivity index (χ2v) is 9.62. The first-order valence-electron chi connectivity index (χ1n) is 9.95. The largest absolute Gasteiger partial charge is 0.456 e. The van der Waals surface area contributed by atoms with Gasteiger partial charge in [0.15, 0.2) is 0 Å². The molecule has 1 aliphatic heterocycles. The Bertz CT molecular complexity index is 1070. The minimum Gasteiger partial charge on any atom is -0.456 e. The molecule has 3 rings (SSSR count). The minimum absolute atomic E-state index is 0.0882. The van der Waals surface area contributed by atoms with Gasteiger partial charge in [-0.15, -0.1) is 11.3 Å². The molecule has 0 spiro atoms. The van der Waals surface area contributed by atoms with Gasteiger partial charge in [-0.05, 0) is 52.3 Å². The van der Waals surface area contributed by atoms with Gasteiger partial charge in [0.25, 0.3) is 0 Å². The van der Waals surface area contributed by atoms with E-state index in [0.717, 1.165) is 22.6 Å². The van der Waals surface area contributed by atoms with Crippen molar-refractivity contribution in [2.75, 3.05) is 16.8 Å². The molecule has 2 amide bonds. The summed E-state index contributed by atoms with van der Waals surface area (Å²) in [7, 11) is 0. The highest BCUT2D eigenvalue weighted by molar-refractivity contribution is 7.18. The predicted octanol–water partition coefficient (Wildman–Crippen LogP) is 4.18. The van der Waals surface area contributed by atoms with Crippen molar-refractivity contribution in [3.8, 4) is 6.07 Å². The van der Waals surface area contributed by atoms with Crippen LogP contribution in [-0.2, 0) is 14.3 Å². The van der Waals surface area contributed by atoms with E-state index in [4.69, 9.17) is 4.74 Å². The smallest absolute Gasteiger partial charge is 0.349 e. The number of benzene rings is 1. The van der Waals surface area contributed by atoms with Gasteiger partial charge in [0.05, 0.1) is 11.5 Å². The molecule has 1 aromatic heterocycles. The van der Waals surface area contributed by atoms with Crippen LogP contribution in [0, 0.1) is 31.1 Å². The van der Waals surface area contributed by atoms with Crippen LogP contribution in [0.25, 0.3) is 0 Å². The number of aryl methyl sites for hydroxylation is 1. The number of thiophene rings is 1. The molecule has 0 saturated carbocycles. The Balaban J connectivity index is 1.77. The summed E-state index contributed by atoms with van der Waals surface area (Å²) in [6, 6.07) is 9.61. The van der Waals surface area contributed by atoms with Crippen LogP contribution < -0.4 is 10.2 Å². The summed E-state index contributed by atoms with van der Waals surface area (Å²) in [6.45, 7) is 9.17. The van der Waals surface area contributed by atoms with E-state index < -0.39 is 17.5 Å². The van der Waals surface area contributed by atoms with Crippen molar-refractivity contribution in [3.05, 3.63) is 45.8 Å². The van der Waals surface area contributed by atoms with Gasteiger partial charge >= 0.3 is 5.97 Å². The fourth-order valence-electron chi connectivity index (χ4n) is 3.33. The van der Waals surface area contributed by atoms with E-state index >= 15 is 0 Å². The number of carbonyl (C=O) groups is 3. The first kappa shape index (κ1) is 22.5. The molecule has 0 bridgehead atoms. The topological polar surface area (TPSA) is 99.5 Å². The van der Waals surface area contributed by atoms with Gasteiger partial charge in [-0.1, -0.05) is 17.7 Å². The van der Waals surface area contributed by atoms with Gasteiger partial charge in [0.1, 0.15) is 21.5 Å². The third kappa shape index (κ3) is 4.94. The maximum atomic E-state index is 12.9. The fraction of sp³-hybridized carbons (Fsp3) is 0.391. The number of nitriles is 1. The molecule has 8 heteroatoms. The molecule has 31 heavy (non-hydrogen) atoms. The van der Waals surface area contributed by atoms with Crippen LogP contribution in [0.4, 0.5) is 10.7 Å². The number of nitrogens with zero attached hydrogens (tertiary/aromatic N) is 2. The number of rotatable bonds is 4. The molecule has 0 aliphatic carbocycles. The van der Waals surface area contributed by atoms with Crippen molar-refractivity contribution in [2.24, 2.45) is 5.92 Å². The first-order chi connectivity index (χ1) is 14.5. The Morgan fingerprint density at radius 2 is 1.87 bits per heavy atom. The van der Waals surface area contributed by atoms with Crippen LogP contribution in [-0.4, -0.2) is 29.9 Å². The molecule has 1 fully saturated rings. The van der Waals surface area contributed by atoms with Gasteiger partial charge < -0.3 is 15.0 Å². The van der Waals surface area contributed by atoms with Gasteiger partial charge in [0, 0.05) is 18.7 Å². The summed E-state index contributed by atoms with van der Waals surface area (Å²) in [5, 5.41) is 12.6. The van der Waals surface area contributed by atoms with Crippen molar-refractivity contribution in [1.29, 1.82) is 5.26 Å². The molecule has 7 nitrogen and oxygen atoms in total. The van der Waals surface area contributed by atoms with E-state index in [1.807, 2.05) is 31.2 Å². The summed E-state index contributed by atoms with van der Waals surface area (Å²) >= 11 is 1.02. The van der Waals surface area contributed by atoms with Crippen molar-refractivity contribution < 1.29 is 19.1 Å². The van der Waals surface area contributed by atoms with Crippen molar-refractivity contribution >= 4 is 39.8 Å². The molecular weight excluding hydrogens is 414 g/mol. The highest BCUT2D eigenvalue weighted by atomic mass is 32.1. The lowest BCUT2D eigenvalue weighted by Gasteiger charge is -2.19. The Hall–Kier alpha value is -3.18. The van der Waals surface area contributed by atoms with E-state index in [-0.39, 0.29) is 35.2 Å². The highest BCUT2D eigenvalue weighted by Gasteiger charge is 2.36. The van der Waals surface area contributed by atoms with Gasteiger partial charge in [0.2, 0.25) is 11.8 Å². The average molecular weight is 440 g/mol. The third-order valence-corrected chi connectivity index (χ3v) is 6.11. The molecule has 1 atom stereocenters. The second kappa shape index (κ2) is 8.52. The number of amides is 2. The average Bonchev–Trinajstić information content (AvgIpc) is 3.21. The third-order valence-electron chi connectivity index (χ3n) is 4.92. The molecule has 162 valence electrons. The number of nitrogens with one attached hydrogen (secondary N) is 1. The summed E-state index contributed by atoms with van der Waals surface area (Å²) in [6.07, 6.45) is 0.0882. The predicted molar refractivity (Wildman–Crippen MR) is 119 cm³/mol. The Kier molecular flexibility index (Phi) is 6.18. The zero-order valence-corrected chi connectivity index (χ0v) is 19.1. The lowest BCUT2D eigenvalue weighted by atomic mass is 10.1. The minimum atomic E-state index is -0.673. The molecular formula is C23H25N3O4S. The molecule has 0 radical (unpaired) electrons. The second-order valence-electron chi connectivity index (χ2n) is 8.60. The zero-order chi connectivity index (χ0) is 22.9. The summed E-state index contributed by atoms with van der Waals surface area (Å²) < 4.78 is 5.41. The van der Waals surface area contributed by atoms with Crippen LogP contribution in [0.5, 0.6) is 0 Å². The van der Waals surface area contributed by atoms with Crippen molar-refractivity contribution in [1.82, 2.24) is 0 Å². The zero-order valence-electron chi connectivity index (χ0n) is 18.2. The molecule has 1 unspecified atom stereocenters. The lowest BCUT2D eigenvalue weighted by molar-refractivity contribution is -0.122. The van der Waals surface area contributed by atoms with Gasteiger partial charge in [-0.25, -0.2) is 4.79 Å². The Morgan fingerprint density at radius 1 is 1.23 bits per heavy atom. The van der Waals surface area contributed by atoms with Crippen LogP contribution in [0.1, 0.15) is 53.6 Å². The number of hydrogen-bond donors (Lipinski definition) is 1. The SMILES string of the molecule is Cc1ccc(N2CC(C(=O)Nc3sc(C(=O)OC(C)(C)C)c(C)c3C#N)CC2=O)cc1. The van der Waals surface area contributed by atoms with Crippen LogP contribution in [0.15, 0.2) is 24.3 Å². The van der Waals surface area contributed by atoms with E-state index in [2.05, 4.69) is 11.4 Å². The highest BCUT2D eigenvalue weighted by Crippen LogP contribution is 2.35. The van der Waals surface area contributed by atoms with Crippen LogP contribution >= 0.6 is 11.3 Å². The summed E-state index contributed by atoms with van der Waals surface area (Å²) in [5.74, 6) is -1.56. The number of carbonyl (C=O) groups excluding carboxylic acids is 3. The monoisotopic (exact) mass is 439 g/mol. The van der Waals surface area contributed by atoms with E-state index in [9.17, 15) is 19.6 Å². The van der Waals surface area contributed by atoms with Crippen LogP contribution in [0.2, 0.25) is 0 Å². The number of anilines is 2. The quantitative estimate of drug-likeness (QED) is 0.721. The van der Waals surface area contributed by atoms with E-state index in [1.165, 1.54) is 0 Å². The van der Waals surface area contributed by atoms with E-state index in [0.29, 0.717) is 10.6 Å². The number of ether oxygens (including phenoxy) is 1. The Morgan fingerprint density at radius 3 is 2.45 bits per heavy atom.